The van der Waals surface area contributed by atoms with Crippen LogP contribution < -0.4 is 5.73 Å². The van der Waals surface area contributed by atoms with Crippen molar-refractivity contribution < 1.29 is 14.6 Å². The van der Waals surface area contributed by atoms with Gasteiger partial charge in [-0.05, 0) is 25.5 Å². The molecule has 104 valence electrons. The maximum atomic E-state index is 9.13. The molecule has 0 bridgehead atoms. The second-order valence-electron chi connectivity index (χ2n) is 3.70. The third kappa shape index (κ3) is 8.92. The van der Waals surface area contributed by atoms with Crippen molar-refractivity contribution in [3.8, 4) is 0 Å². The number of rotatable bonds is 9. The van der Waals surface area contributed by atoms with Gasteiger partial charge in [-0.25, -0.2) is 0 Å². The highest BCUT2D eigenvalue weighted by Gasteiger charge is 1.95. The van der Waals surface area contributed by atoms with Crippen LogP contribution in [-0.2, 0) is 9.47 Å². The summed E-state index contributed by atoms with van der Waals surface area (Å²) in [5, 5.41) is 9.13. The molecule has 0 aliphatic heterocycles. The Morgan fingerprint density at radius 1 is 1.50 bits per heavy atom. The van der Waals surface area contributed by atoms with Crippen LogP contribution in [-0.4, -0.2) is 44.5 Å². The normalized spacial score (nSPS) is 15.3. The summed E-state index contributed by atoms with van der Waals surface area (Å²) < 4.78 is 9.83. The van der Waals surface area contributed by atoms with Crippen LogP contribution in [0.3, 0.4) is 0 Å². The molecular formula is C13H24N2O3. The minimum absolute atomic E-state index is 0.559. The number of aliphatic hydroxyl groups is 1. The van der Waals surface area contributed by atoms with E-state index in [-0.39, 0.29) is 0 Å². The predicted molar refractivity (Wildman–Crippen MR) is 73.5 cm³/mol. The lowest BCUT2D eigenvalue weighted by Gasteiger charge is -2.03. The van der Waals surface area contributed by atoms with E-state index in [1.165, 1.54) is 7.11 Å². The molecule has 0 saturated heterocycles. The lowest BCUT2D eigenvalue weighted by molar-refractivity contribution is -0.0357. The number of methoxy groups -OCH3 is 1. The molecule has 0 spiro atoms. The molecule has 0 aromatic rings. The van der Waals surface area contributed by atoms with Gasteiger partial charge in [-0.15, -0.1) is 0 Å². The van der Waals surface area contributed by atoms with Gasteiger partial charge in [0.2, 0.25) is 0 Å². The van der Waals surface area contributed by atoms with Gasteiger partial charge in [0, 0.05) is 32.0 Å². The number of hydrogen-bond donors (Lipinski definition) is 2. The van der Waals surface area contributed by atoms with Gasteiger partial charge in [-0.3, -0.25) is 4.99 Å². The Balaban J connectivity index is 4.06. The van der Waals surface area contributed by atoms with Gasteiger partial charge in [0.15, 0.2) is 6.29 Å². The standard InChI is InChI=1S/C13H24N2O3/c1-4-18-9-8-15-10-11(2)12(14)6-5-7-13(16)17-3/h5,7,10,13,16H,4,6,8-9,14H2,1-3H3/b7-5+,12-11?,15-10?. The van der Waals surface area contributed by atoms with Crippen LogP contribution in [0.15, 0.2) is 28.4 Å². The van der Waals surface area contributed by atoms with E-state index in [0.29, 0.717) is 26.2 Å². The maximum Gasteiger partial charge on any atom is 0.173 e. The van der Waals surface area contributed by atoms with Crippen LogP contribution in [0.1, 0.15) is 20.3 Å². The number of ether oxygens (including phenoxy) is 2. The summed E-state index contributed by atoms with van der Waals surface area (Å²) in [7, 11) is 1.44. The van der Waals surface area contributed by atoms with Crippen LogP contribution in [0.4, 0.5) is 0 Å². The zero-order chi connectivity index (χ0) is 13.8. The van der Waals surface area contributed by atoms with Crippen molar-refractivity contribution in [2.45, 2.75) is 26.6 Å². The first-order valence-corrected chi connectivity index (χ1v) is 6.02. The molecule has 0 amide bonds. The van der Waals surface area contributed by atoms with Crippen LogP contribution in [0.25, 0.3) is 0 Å². The molecule has 3 N–H and O–H groups in total. The van der Waals surface area contributed by atoms with E-state index in [1.807, 2.05) is 13.8 Å². The van der Waals surface area contributed by atoms with Crippen LogP contribution in [0.5, 0.6) is 0 Å². The van der Waals surface area contributed by atoms with Gasteiger partial charge in [-0.2, -0.15) is 0 Å². The summed E-state index contributed by atoms with van der Waals surface area (Å²) in [5.74, 6) is 0. The van der Waals surface area contributed by atoms with Crippen molar-refractivity contribution in [1.29, 1.82) is 0 Å². The summed E-state index contributed by atoms with van der Waals surface area (Å²) in [6, 6.07) is 0. The van der Waals surface area contributed by atoms with E-state index in [9.17, 15) is 0 Å². The smallest absolute Gasteiger partial charge is 0.173 e. The zero-order valence-electron chi connectivity index (χ0n) is 11.4. The first-order chi connectivity index (χ1) is 8.61. The van der Waals surface area contributed by atoms with Crippen LogP contribution in [0, 0.1) is 0 Å². The van der Waals surface area contributed by atoms with Crippen molar-refractivity contribution >= 4 is 6.21 Å². The van der Waals surface area contributed by atoms with Crippen molar-refractivity contribution in [2.24, 2.45) is 10.7 Å². The second kappa shape index (κ2) is 11.0. The average molecular weight is 256 g/mol. The van der Waals surface area contributed by atoms with Crippen molar-refractivity contribution in [2.75, 3.05) is 26.9 Å². The molecule has 0 radical (unpaired) electrons. The fraction of sp³-hybridized carbons (Fsp3) is 0.615. The number of nitrogens with zero attached hydrogens (tertiary/aromatic N) is 1. The van der Waals surface area contributed by atoms with Crippen LogP contribution in [0.2, 0.25) is 0 Å². The largest absolute Gasteiger partial charge is 0.402 e. The van der Waals surface area contributed by atoms with Gasteiger partial charge < -0.3 is 20.3 Å². The molecule has 1 atom stereocenters. The summed E-state index contributed by atoms with van der Waals surface area (Å²) in [4.78, 5) is 4.20. The fourth-order valence-corrected chi connectivity index (χ4v) is 1.10. The lowest BCUT2D eigenvalue weighted by atomic mass is 10.2. The Hall–Kier alpha value is -1.17. The molecule has 0 fully saturated rings. The topological polar surface area (TPSA) is 77.1 Å². The Morgan fingerprint density at radius 3 is 2.83 bits per heavy atom. The van der Waals surface area contributed by atoms with Gasteiger partial charge >= 0.3 is 0 Å². The Labute approximate surface area is 109 Å². The van der Waals surface area contributed by atoms with Gasteiger partial charge in [-0.1, -0.05) is 6.08 Å². The molecule has 0 heterocycles. The number of nitrogens with two attached hydrogens (primary N) is 1. The van der Waals surface area contributed by atoms with E-state index >= 15 is 0 Å². The third-order valence-electron chi connectivity index (χ3n) is 2.24. The highest BCUT2D eigenvalue weighted by molar-refractivity contribution is 5.78. The zero-order valence-corrected chi connectivity index (χ0v) is 11.4. The molecule has 0 aliphatic rings. The highest BCUT2D eigenvalue weighted by Crippen LogP contribution is 2.02. The predicted octanol–water partition coefficient (Wildman–Crippen LogP) is 1.24. The molecule has 0 saturated carbocycles. The van der Waals surface area contributed by atoms with E-state index in [4.69, 9.17) is 15.6 Å². The quantitative estimate of drug-likeness (QED) is 0.281. The van der Waals surface area contributed by atoms with E-state index in [0.717, 1.165) is 11.3 Å². The number of hydrogen-bond acceptors (Lipinski definition) is 5. The molecule has 0 aromatic carbocycles. The third-order valence-corrected chi connectivity index (χ3v) is 2.24. The molecule has 5 nitrogen and oxygen atoms in total. The number of allylic oxidation sites excluding steroid dienone is 2. The van der Waals surface area contributed by atoms with Crippen LogP contribution >= 0.6 is 0 Å². The Morgan fingerprint density at radius 2 is 2.22 bits per heavy atom. The van der Waals surface area contributed by atoms with Gasteiger partial charge in [0.05, 0.1) is 13.2 Å². The number of aliphatic imine (C=N–C) groups is 1. The Bertz CT molecular complexity index is 299. The molecule has 0 rings (SSSR count). The SMILES string of the molecule is CCOCCN=CC(C)=C(N)C/C=C/C(O)OC. The maximum absolute atomic E-state index is 9.13. The van der Waals surface area contributed by atoms with E-state index < -0.39 is 6.29 Å². The lowest BCUT2D eigenvalue weighted by Crippen LogP contribution is -2.05. The second-order valence-corrected chi connectivity index (χ2v) is 3.70. The van der Waals surface area contributed by atoms with Gasteiger partial charge in [0.1, 0.15) is 0 Å². The number of aliphatic hydroxyl groups excluding tert-OH is 1. The molecule has 0 aromatic heterocycles. The van der Waals surface area contributed by atoms with Gasteiger partial charge in [0.25, 0.3) is 0 Å². The first kappa shape index (κ1) is 16.8. The van der Waals surface area contributed by atoms with Crippen molar-refractivity contribution in [3.63, 3.8) is 0 Å². The first-order valence-electron chi connectivity index (χ1n) is 6.02. The molecule has 18 heavy (non-hydrogen) atoms. The molecule has 5 heteroatoms. The monoisotopic (exact) mass is 256 g/mol. The average Bonchev–Trinajstić information content (AvgIpc) is 2.37. The molecule has 0 aliphatic carbocycles. The summed E-state index contributed by atoms with van der Waals surface area (Å²) >= 11 is 0. The van der Waals surface area contributed by atoms with E-state index in [2.05, 4.69) is 9.73 Å². The highest BCUT2D eigenvalue weighted by atomic mass is 16.6. The van der Waals surface area contributed by atoms with E-state index in [1.54, 1.807) is 18.4 Å². The minimum Gasteiger partial charge on any atom is -0.402 e. The fourth-order valence-electron chi connectivity index (χ4n) is 1.10. The summed E-state index contributed by atoms with van der Waals surface area (Å²) in [6.45, 7) is 5.82. The minimum atomic E-state index is -0.877. The Kier molecular flexibility index (Phi) is 10.2. The summed E-state index contributed by atoms with van der Waals surface area (Å²) in [5.41, 5.74) is 7.51. The molecular weight excluding hydrogens is 232 g/mol. The van der Waals surface area contributed by atoms with Crippen molar-refractivity contribution in [3.05, 3.63) is 23.4 Å². The molecule has 1 unspecified atom stereocenters. The van der Waals surface area contributed by atoms with Crippen molar-refractivity contribution in [1.82, 2.24) is 0 Å². The summed E-state index contributed by atoms with van der Waals surface area (Å²) in [6.07, 6.45) is 4.74.